The second kappa shape index (κ2) is 4.71. The Morgan fingerprint density at radius 1 is 0.913 bits per heavy atom. The van der Waals surface area contributed by atoms with Crippen molar-refractivity contribution in [3.05, 3.63) is 47.6 Å². The van der Waals surface area contributed by atoms with Gasteiger partial charge in [-0.1, -0.05) is 29.8 Å². The van der Waals surface area contributed by atoms with Crippen molar-refractivity contribution in [2.24, 2.45) is 0 Å². The van der Waals surface area contributed by atoms with Gasteiger partial charge in [0, 0.05) is 17.1 Å². The van der Waals surface area contributed by atoms with E-state index in [1.54, 1.807) is 0 Å². The Hall–Kier alpha value is -2.57. The summed E-state index contributed by atoms with van der Waals surface area (Å²) in [6, 6.07) is 13.7. The minimum atomic E-state index is 0.403. The minimum absolute atomic E-state index is 0.403. The summed E-state index contributed by atoms with van der Waals surface area (Å²) in [5.41, 5.74) is 4.95. The van der Waals surface area contributed by atoms with Crippen LogP contribution in [-0.4, -0.2) is 23.7 Å². The van der Waals surface area contributed by atoms with Gasteiger partial charge in [0.2, 0.25) is 0 Å². The average molecular weight is 338 g/mol. The van der Waals surface area contributed by atoms with Gasteiger partial charge in [-0.2, -0.15) is 4.37 Å². The summed E-state index contributed by atoms with van der Waals surface area (Å²) in [5, 5.41) is 1.41. The molecular formula is C16H8ClN5S. The number of imidazole rings is 1. The second-order valence-corrected chi connectivity index (χ2v) is 6.11. The summed E-state index contributed by atoms with van der Waals surface area (Å²) < 4.78 is 7.48. The van der Waals surface area contributed by atoms with E-state index in [9.17, 15) is 0 Å². The van der Waals surface area contributed by atoms with Crippen LogP contribution in [0.25, 0.3) is 44.4 Å². The van der Waals surface area contributed by atoms with Crippen molar-refractivity contribution in [2.45, 2.75) is 0 Å². The third-order valence-electron chi connectivity index (χ3n) is 3.78. The third kappa shape index (κ3) is 1.92. The Morgan fingerprint density at radius 2 is 1.83 bits per heavy atom. The fraction of sp³-hybridized carbons (Fsp3) is 0. The van der Waals surface area contributed by atoms with E-state index in [4.69, 9.17) is 11.6 Å². The Labute approximate surface area is 139 Å². The number of pyridine rings is 1. The number of nitrogens with zero attached hydrogens (tertiary/aromatic N) is 4. The van der Waals surface area contributed by atoms with Crippen molar-refractivity contribution in [1.82, 2.24) is 23.7 Å². The van der Waals surface area contributed by atoms with Crippen LogP contribution < -0.4 is 0 Å². The van der Waals surface area contributed by atoms with Crippen molar-refractivity contribution in [2.75, 3.05) is 0 Å². The van der Waals surface area contributed by atoms with Crippen molar-refractivity contribution in [1.29, 1.82) is 0 Å². The van der Waals surface area contributed by atoms with Gasteiger partial charge in [0.05, 0.1) is 22.1 Å². The van der Waals surface area contributed by atoms with E-state index >= 15 is 0 Å². The maximum Gasteiger partial charge on any atom is 0.163 e. The second-order valence-electron chi connectivity index (χ2n) is 5.18. The van der Waals surface area contributed by atoms with E-state index in [0.29, 0.717) is 11.0 Å². The lowest BCUT2D eigenvalue weighted by molar-refractivity contribution is 1.31. The summed E-state index contributed by atoms with van der Waals surface area (Å²) in [7, 11) is 0. The molecule has 0 aliphatic rings. The number of nitrogens with one attached hydrogen (secondary N) is 1. The average Bonchev–Trinajstić information content (AvgIpc) is 3.19. The van der Waals surface area contributed by atoms with Crippen LogP contribution >= 0.6 is 23.3 Å². The molecule has 0 aliphatic heterocycles. The lowest BCUT2D eigenvalue weighted by Gasteiger charge is -2.02. The molecule has 0 unspecified atom stereocenters. The largest absolute Gasteiger partial charge is 0.293 e. The summed E-state index contributed by atoms with van der Waals surface area (Å²) in [6.07, 6.45) is 0. The number of fused-ring (bicyclic) bond motifs is 4. The van der Waals surface area contributed by atoms with Crippen LogP contribution in [0.3, 0.4) is 0 Å². The van der Waals surface area contributed by atoms with Gasteiger partial charge in [0.1, 0.15) is 16.2 Å². The topological polar surface area (TPSA) is 67.3 Å². The molecule has 2 aromatic carbocycles. The van der Waals surface area contributed by atoms with E-state index < -0.39 is 0 Å². The normalized spacial score (nSPS) is 11.7. The van der Waals surface area contributed by atoms with Crippen LogP contribution in [0.1, 0.15) is 0 Å². The van der Waals surface area contributed by atoms with Crippen molar-refractivity contribution < 1.29 is 0 Å². The third-order valence-corrected chi connectivity index (χ3v) is 4.66. The first-order chi connectivity index (χ1) is 11.3. The van der Waals surface area contributed by atoms with Gasteiger partial charge in [-0.15, -0.1) is 0 Å². The minimum Gasteiger partial charge on any atom is -0.293 e. The van der Waals surface area contributed by atoms with Gasteiger partial charge in [-0.25, -0.2) is 15.0 Å². The lowest BCUT2D eigenvalue weighted by atomic mass is 10.1. The number of aromatic amines is 1. The quantitative estimate of drug-likeness (QED) is 0.459. The van der Waals surface area contributed by atoms with Crippen LogP contribution in [0.5, 0.6) is 0 Å². The zero-order valence-corrected chi connectivity index (χ0v) is 13.2. The first kappa shape index (κ1) is 12.9. The van der Waals surface area contributed by atoms with Crippen LogP contribution in [0.4, 0.5) is 0 Å². The molecule has 5 nitrogen and oxygen atoms in total. The Morgan fingerprint density at radius 3 is 2.78 bits per heavy atom. The molecule has 23 heavy (non-hydrogen) atoms. The van der Waals surface area contributed by atoms with Crippen LogP contribution in [0, 0.1) is 0 Å². The molecular weight excluding hydrogens is 330 g/mol. The monoisotopic (exact) mass is 337 g/mol. The summed E-state index contributed by atoms with van der Waals surface area (Å²) >= 11 is 7.65. The fourth-order valence-corrected chi connectivity index (χ4v) is 3.49. The van der Waals surface area contributed by atoms with E-state index in [0.717, 1.165) is 38.5 Å². The van der Waals surface area contributed by atoms with Gasteiger partial charge in [0.25, 0.3) is 0 Å². The Balaban J connectivity index is 1.80. The molecule has 5 rings (SSSR count). The molecule has 3 aromatic heterocycles. The molecule has 110 valence electrons. The molecule has 0 spiro atoms. The van der Waals surface area contributed by atoms with Gasteiger partial charge < -0.3 is 0 Å². The Bertz CT molecular complexity index is 1190. The molecule has 0 radical (unpaired) electrons. The predicted octanol–water partition coefficient (Wildman–Crippen LogP) is 4.44. The highest BCUT2D eigenvalue weighted by Gasteiger charge is 2.15. The molecule has 1 N–H and O–H groups in total. The number of halogens is 1. The number of aromatic nitrogens is 5. The van der Waals surface area contributed by atoms with Gasteiger partial charge in [-0.05, 0) is 24.3 Å². The van der Waals surface area contributed by atoms with Crippen LogP contribution in [0.2, 0.25) is 5.15 Å². The number of rotatable bonds is 1. The number of hydrogen-bond acceptors (Lipinski definition) is 5. The first-order valence-electron chi connectivity index (χ1n) is 6.96. The highest BCUT2D eigenvalue weighted by atomic mass is 35.5. The Kier molecular flexibility index (Phi) is 2.65. The number of H-pyrrole nitrogens is 1. The molecule has 0 saturated carbocycles. The molecule has 0 amide bonds. The zero-order chi connectivity index (χ0) is 15.4. The van der Waals surface area contributed by atoms with E-state index in [2.05, 4.69) is 23.7 Å². The fourth-order valence-electron chi connectivity index (χ4n) is 2.68. The maximum absolute atomic E-state index is 6.35. The molecule has 0 fully saturated rings. The molecule has 0 bridgehead atoms. The van der Waals surface area contributed by atoms with Crippen molar-refractivity contribution >= 4 is 56.3 Å². The first-order valence-corrected chi connectivity index (χ1v) is 8.11. The van der Waals surface area contributed by atoms with Gasteiger partial charge in [-0.3, -0.25) is 4.37 Å². The summed E-state index contributed by atoms with van der Waals surface area (Å²) in [6.45, 7) is 0. The molecule has 5 aromatic rings. The van der Waals surface area contributed by atoms with Gasteiger partial charge in [0.15, 0.2) is 5.82 Å². The highest BCUT2D eigenvalue weighted by Crippen LogP contribution is 2.31. The molecule has 0 saturated heterocycles. The van der Waals surface area contributed by atoms with Crippen LogP contribution in [-0.2, 0) is 0 Å². The smallest absolute Gasteiger partial charge is 0.163 e. The SMILES string of the molecule is Clc1nc2ccccc2cc1-c1nc2ccc3[nH]snc3c2n1. The van der Waals surface area contributed by atoms with Crippen molar-refractivity contribution in [3.63, 3.8) is 0 Å². The number of para-hydroxylation sites is 1. The standard InChI is InChI=1S/C16H8ClN5S/c17-15-9(7-8-3-1-2-4-10(8)18-15)16-19-11-5-6-12-14(13(11)20-16)22-23-21-12/h1-7,21H. The zero-order valence-electron chi connectivity index (χ0n) is 11.6. The number of hydrogen-bond donors (Lipinski definition) is 1. The summed E-state index contributed by atoms with van der Waals surface area (Å²) in [4.78, 5) is 13.7. The number of benzene rings is 2. The maximum atomic E-state index is 6.35. The molecule has 3 heterocycles. The van der Waals surface area contributed by atoms with Crippen molar-refractivity contribution in [3.8, 4) is 11.4 Å². The highest BCUT2D eigenvalue weighted by molar-refractivity contribution is 7.00. The van der Waals surface area contributed by atoms with E-state index in [1.807, 2.05) is 42.5 Å². The lowest BCUT2D eigenvalue weighted by Crippen LogP contribution is -1.87. The molecule has 0 aliphatic carbocycles. The molecule has 7 heteroatoms. The molecule has 0 atom stereocenters. The van der Waals surface area contributed by atoms with Gasteiger partial charge >= 0.3 is 0 Å². The van der Waals surface area contributed by atoms with Crippen LogP contribution in [0.15, 0.2) is 42.5 Å². The van der Waals surface area contributed by atoms with E-state index in [1.165, 1.54) is 11.7 Å². The van der Waals surface area contributed by atoms with E-state index in [-0.39, 0.29) is 0 Å². The summed E-state index contributed by atoms with van der Waals surface area (Å²) in [5.74, 6) is 0.573. The predicted molar refractivity (Wildman–Crippen MR) is 92.8 cm³/mol.